The zero-order chi connectivity index (χ0) is 20.2. The molecule has 2 aliphatic rings. The summed E-state index contributed by atoms with van der Waals surface area (Å²) in [4.78, 5) is 35.4. The number of hydrogen-bond acceptors (Lipinski definition) is 5. The highest BCUT2D eigenvalue weighted by molar-refractivity contribution is 5.96. The average molecular weight is 394 g/mol. The molecule has 1 aromatic carbocycles. The number of carbonyl (C=O) groups excluding carboxylic acids is 2. The molecule has 2 amide bonds. The lowest BCUT2D eigenvalue weighted by molar-refractivity contribution is 0.0744. The van der Waals surface area contributed by atoms with Crippen LogP contribution in [0, 0.1) is 0 Å². The van der Waals surface area contributed by atoms with E-state index in [9.17, 15) is 9.59 Å². The number of benzene rings is 1. The molecule has 0 unspecified atom stereocenters. The minimum absolute atomic E-state index is 0.0339. The third-order valence-corrected chi connectivity index (χ3v) is 5.58. The normalized spacial score (nSPS) is 16.4. The Morgan fingerprint density at radius 1 is 1.00 bits per heavy atom. The first-order valence-electron chi connectivity index (χ1n) is 10.1. The molecule has 1 saturated heterocycles. The summed E-state index contributed by atoms with van der Waals surface area (Å²) in [6.45, 7) is 6.14. The zero-order valence-corrected chi connectivity index (χ0v) is 16.7. The van der Waals surface area contributed by atoms with Gasteiger partial charge in [-0.1, -0.05) is 18.2 Å². The van der Waals surface area contributed by atoms with Gasteiger partial charge in [0.25, 0.3) is 5.91 Å². The highest BCUT2D eigenvalue weighted by atomic mass is 16.6. The van der Waals surface area contributed by atoms with Crippen molar-refractivity contribution in [3.8, 4) is 0 Å². The first-order chi connectivity index (χ1) is 14.2. The summed E-state index contributed by atoms with van der Waals surface area (Å²) in [5.41, 5.74) is 3.80. The van der Waals surface area contributed by atoms with Crippen LogP contribution >= 0.6 is 0 Å². The van der Waals surface area contributed by atoms with E-state index in [0.717, 1.165) is 24.2 Å². The summed E-state index contributed by atoms with van der Waals surface area (Å²) in [7, 11) is 0. The lowest BCUT2D eigenvalue weighted by atomic mass is 9.96. The number of pyridine rings is 1. The van der Waals surface area contributed by atoms with Crippen LogP contribution in [-0.4, -0.2) is 66.1 Å². The number of nitrogens with zero attached hydrogens (tertiary/aromatic N) is 4. The van der Waals surface area contributed by atoms with Gasteiger partial charge >= 0.3 is 6.09 Å². The molecule has 0 saturated carbocycles. The molecule has 4 rings (SSSR count). The Bertz CT molecular complexity index is 879. The Morgan fingerprint density at radius 2 is 1.76 bits per heavy atom. The summed E-state index contributed by atoms with van der Waals surface area (Å²) < 4.78 is 5.10. The molecule has 0 bridgehead atoms. The second-order valence-electron chi connectivity index (χ2n) is 7.31. The van der Waals surface area contributed by atoms with Gasteiger partial charge in [0.05, 0.1) is 18.7 Å². The van der Waals surface area contributed by atoms with Crippen molar-refractivity contribution in [3.05, 3.63) is 59.4 Å². The topological polar surface area (TPSA) is 66.0 Å². The smallest absolute Gasteiger partial charge is 0.410 e. The van der Waals surface area contributed by atoms with Crippen molar-refractivity contribution in [1.82, 2.24) is 14.8 Å². The first kappa shape index (κ1) is 19.2. The van der Waals surface area contributed by atoms with Gasteiger partial charge in [-0.15, -0.1) is 0 Å². The molecule has 0 aliphatic carbocycles. The van der Waals surface area contributed by atoms with Crippen LogP contribution in [0.2, 0.25) is 0 Å². The van der Waals surface area contributed by atoms with Gasteiger partial charge in [-0.25, -0.2) is 4.79 Å². The minimum atomic E-state index is -0.313. The van der Waals surface area contributed by atoms with Crippen molar-refractivity contribution in [2.45, 2.75) is 19.9 Å². The molecule has 0 N–H and O–H groups in total. The van der Waals surface area contributed by atoms with E-state index in [1.54, 1.807) is 24.2 Å². The van der Waals surface area contributed by atoms with Gasteiger partial charge in [-0.05, 0) is 36.6 Å². The standard InChI is InChI=1S/C22H26N4O3/c1-2-29-22(28)26-9-8-19-17(16-26)14-23-15-20(19)21(27)25-12-10-24(11-13-25)18-6-4-3-5-7-18/h3-7,14-15H,2,8-13,16H2,1H3. The third-order valence-electron chi connectivity index (χ3n) is 5.58. The van der Waals surface area contributed by atoms with Crippen LogP contribution in [-0.2, 0) is 17.7 Å². The molecule has 0 atom stereocenters. The van der Waals surface area contributed by atoms with Crippen molar-refractivity contribution in [2.75, 3.05) is 44.2 Å². The monoisotopic (exact) mass is 394 g/mol. The van der Waals surface area contributed by atoms with Crippen LogP contribution in [0.15, 0.2) is 42.7 Å². The number of aromatic nitrogens is 1. The number of para-hydroxylation sites is 1. The van der Waals surface area contributed by atoms with Gasteiger partial charge in [-0.3, -0.25) is 9.78 Å². The van der Waals surface area contributed by atoms with Gasteiger partial charge < -0.3 is 19.4 Å². The predicted molar refractivity (Wildman–Crippen MR) is 110 cm³/mol. The number of carbonyl (C=O) groups is 2. The summed E-state index contributed by atoms with van der Waals surface area (Å²) in [6.07, 6.45) is 3.75. The van der Waals surface area contributed by atoms with Crippen molar-refractivity contribution in [2.24, 2.45) is 0 Å². The maximum Gasteiger partial charge on any atom is 0.410 e. The van der Waals surface area contributed by atoms with Crippen molar-refractivity contribution < 1.29 is 14.3 Å². The predicted octanol–water partition coefficient (Wildman–Crippen LogP) is 2.56. The van der Waals surface area contributed by atoms with Crippen LogP contribution < -0.4 is 4.90 Å². The van der Waals surface area contributed by atoms with Crippen molar-refractivity contribution >= 4 is 17.7 Å². The van der Waals surface area contributed by atoms with E-state index in [2.05, 4.69) is 22.0 Å². The van der Waals surface area contributed by atoms with Crippen molar-refractivity contribution in [3.63, 3.8) is 0 Å². The van der Waals surface area contributed by atoms with Crippen molar-refractivity contribution in [1.29, 1.82) is 0 Å². The molecule has 0 radical (unpaired) electrons. The fourth-order valence-corrected chi connectivity index (χ4v) is 4.03. The molecule has 7 heteroatoms. The van der Waals surface area contributed by atoms with E-state index >= 15 is 0 Å². The number of ether oxygens (including phenoxy) is 1. The lowest BCUT2D eigenvalue weighted by Crippen LogP contribution is -2.49. The number of hydrogen-bond donors (Lipinski definition) is 0. The lowest BCUT2D eigenvalue weighted by Gasteiger charge is -2.37. The summed E-state index contributed by atoms with van der Waals surface area (Å²) in [6, 6.07) is 10.3. The molecule has 7 nitrogen and oxygen atoms in total. The minimum Gasteiger partial charge on any atom is -0.450 e. The zero-order valence-electron chi connectivity index (χ0n) is 16.7. The fraction of sp³-hybridized carbons (Fsp3) is 0.409. The molecule has 152 valence electrons. The SMILES string of the molecule is CCOC(=O)N1CCc2c(cncc2C(=O)N2CCN(c3ccccc3)CC2)C1. The molecule has 2 aromatic rings. The Morgan fingerprint density at radius 3 is 2.48 bits per heavy atom. The van der Waals surface area contributed by atoms with E-state index < -0.39 is 0 Å². The van der Waals surface area contributed by atoms with Gasteiger partial charge in [0.1, 0.15) is 0 Å². The molecular weight excluding hydrogens is 368 g/mol. The molecule has 2 aliphatic heterocycles. The summed E-state index contributed by atoms with van der Waals surface area (Å²) in [5.74, 6) is 0.0339. The fourth-order valence-electron chi connectivity index (χ4n) is 4.03. The van der Waals surface area contributed by atoms with Crippen LogP contribution in [0.5, 0.6) is 0 Å². The Labute approximate surface area is 170 Å². The van der Waals surface area contributed by atoms with E-state index in [1.807, 2.05) is 23.1 Å². The Kier molecular flexibility index (Phi) is 5.64. The van der Waals surface area contributed by atoms with Crippen LogP contribution in [0.3, 0.4) is 0 Å². The van der Waals surface area contributed by atoms with Crippen LogP contribution in [0.25, 0.3) is 0 Å². The number of amides is 2. The Balaban J connectivity index is 1.44. The number of fused-ring (bicyclic) bond motifs is 1. The van der Waals surface area contributed by atoms with E-state index in [-0.39, 0.29) is 12.0 Å². The highest BCUT2D eigenvalue weighted by Gasteiger charge is 2.29. The second kappa shape index (κ2) is 8.51. The third kappa shape index (κ3) is 4.04. The molecule has 3 heterocycles. The molecule has 1 fully saturated rings. The summed E-state index contributed by atoms with van der Waals surface area (Å²) in [5, 5.41) is 0. The van der Waals surface area contributed by atoms with Gasteiger partial charge in [0.15, 0.2) is 0 Å². The quantitative estimate of drug-likeness (QED) is 0.801. The first-order valence-corrected chi connectivity index (χ1v) is 10.1. The number of anilines is 1. The number of rotatable bonds is 3. The molecule has 29 heavy (non-hydrogen) atoms. The molecule has 1 aromatic heterocycles. The van der Waals surface area contributed by atoms with Gasteiger partial charge in [0.2, 0.25) is 0 Å². The molecular formula is C22H26N4O3. The second-order valence-corrected chi connectivity index (χ2v) is 7.31. The maximum atomic E-state index is 13.2. The summed E-state index contributed by atoms with van der Waals surface area (Å²) >= 11 is 0. The van der Waals surface area contributed by atoms with Crippen LogP contribution in [0.1, 0.15) is 28.4 Å². The van der Waals surface area contributed by atoms with E-state index in [1.165, 1.54) is 5.69 Å². The van der Waals surface area contributed by atoms with E-state index in [0.29, 0.717) is 44.8 Å². The van der Waals surface area contributed by atoms with Crippen LogP contribution in [0.4, 0.5) is 10.5 Å². The van der Waals surface area contributed by atoms with E-state index in [4.69, 9.17) is 4.74 Å². The Hall–Kier alpha value is -3.09. The maximum absolute atomic E-state index is 13.2. The number of piperazine rings is 1. The molecule has 0 spiro atoms. The highest BCUT2D eigenvalue weighted by Crippen LogP contribution is 2.24. The van der Waals surface area contributed by atoms with Gasteiger partial charge in [0, 0.05) is 50.8 Å². The van der Waals surface area contributed by atoms with Gasteiger partial charge in [-0.2, -0.15) is 0 Å². The average Bonchev–Trinajstić information content (AvgIpc) is 2.78. The largest absolute Gasteiger partial charge is 0.450 e.